The number of phenolic OH excluding ortho intramolecular Hbond substituents is 3. The number of hydrogen-bond donors (Lipinski definition) is 8. The molecule has 0 amide bonds. The molecule has 18 nitrogen and oxygen atoms in total. The van der Waals surface area contributed by atoms with E-state index in [-0.39, 0.29) is 23.0 Å². The highest BCUT2D eigenvalue weighted by Crippen LogP contribution is 2.38. The monoisotopic (exact) mass is 810 g/mol. The molecule has 2 saturated heterocycles. The maximum atomic E-state index is 13.0. The number of aliphatic hydroxyl groups excluding tert-OH is 5. The number of ether oxygens (including phenoxy) is 7. The topological polar surface area (TPSA) is 278 Å². The van der Waals surface area contributed by atoms with Crippen LogP contribution in [0.2, 0.25) is 0 Å². The summed E-state index contributed by atoms with van der Waals surface area (Å²) in [5.41, 5.74) is 1.48. The maximum Gasteiger partial charge on any atom is 0.331 e. The Bertz CT molecular complexity index is 1960. The molecule has 18 heteroatoms. The standard InChI is InChI=1S/C40H42O18/c1-52-28-18-24(6-14-27(28)44)9-16-32(46)53-19-29-34(48)36(50)37(51)39(55-29)58-40(21-41)38(56-33(47)17-8-23-4-12-26(43)13-5-23)35(49)30(57-40)20-54-31(45)15-7-22-2-10-25(42)11-3-22/h2-18,29-30,34-39,41-44,48-51H,19-21H2,1H3/b15-7+,16-9+,17-8+/t29-,30+,34-,35+,36+,37-,38-,39+,40+/m0/s1. The predicted octanol–water partition coefficient (Wildman–Crippen LogP) is 0.523. The predicted molar refractivity (Wildman–Crippen MR) is 198 cm³/mol. The fraction of sp³-hybridized carbons (Fsp3) is 0.325. The van der Waals surface area contributed by atoms with Gasteiger partial charge in [-0.25, -0.2) is 14.4 Å². The molecule has 0 bridgehead atoms. The molecule has 0 spiro atoms. The molecule has 0 radical (unpaired) electrons. The summed E-state index contributed by atoms with van der Waals surface area (Å²) in [6, 6.07) is 15.9. The molecule has 310 valence electrons. The highest BCUT2D eigenvalue weighted by Gasteiger charge is 2.61. The largest absolute Gasteiger partial charge is 0.508 e. The van der Waals surface area contributed by atoms with Gasteiger partial charge in [0.1, 0.15) is 67.9 Å². The van der Waals surface area contributed by atoms with E-state index in [0.717, 1.165) is 18.2 Å². The summed E-state index contributed by atoms with van der Waals surface area (Å²) < 4.78 is 38.3. The van der Waals surface area contributed by atoms with E-state index in [4.69, 9.17) is 33.2 Å². The Morgan fingerprint density at radius 3 is 1.74 bits per heavy atom. The minimum Gasteiger partial charge on any atom is -0.508 e. The minimum absolute atomic E-state index is 0.0149. The van der Waals surface area contributed by atoms with Gasteiger partial charge in [0.05, 0.1) is 7.11 Å². The van der Waals surface area contributed by atoms with Gasteiger partial charge in [-0.15, -0.1) is 0 Å². The smallest absolute Gasteiger partial charge is 0.331 e. The first kappa shape index (κ1) is 43.3. The summed E-state index contributed by atoms with van der Waals surface area (Å²) in [6.07, 6.45) is -7.64. The van der Waals surface area contributed by atoms with E-state index in [2.05, 4.69) is 0 Å². The highest BCUT2D eigenvalue weighted by molar-refractivity contribution is 5.88. The van der Waals surface area contributed by atoms with Crippen molar-refractivity contribution in [2.45, 2.75) is 54.8 Å². The fourth-order valence-electron chi connectivity index (χ4n) is 5.80. The normalized spacial score (nSPS) is 27.2. The van der Waals surface area contributed by atoms with Crippen LogP contribution in [0.4, 0.5) is 0 Å². The Morgan fingerprint density at radius 1 is 0.672 bits per heavy atom. The molecule has 2 aliphatic rings. The van der Waals surface area contributed by atoms with Crippen LogP contribution >= 0.6 is 0 Å². The zero-order valence-corrected chi connectivity index (χ0v) is 30.7. The Balaban J connectivity index is 1.31. The Kier molecular flexibility index (Phi) is 14.6. The van der Waals surface area contributed by atoms with Crippen molar-refractivity contribution in [1.82, 2.24) is 0 Å². The van der Waals surface area contributed by atoms with E-state index in [1.165, 1.54) is 92.1 Å². The lowest BCUT2D eigenvalue weighted by Crippen LogP contribution is -2.63. The number of methoxy groups -OCH3 is 1. The van der Waals surface area contributed by atoms with E-state index < -0.39 is 92.5 Å². The number of hydrogen-bond acceptors (Lipinski definition) is 18. The fourth-order valence-corrected chi connectivity index (χ4v) is 5.80. The van der Waals surface area contributed by atoms with Crippen LogP contribution in [0.1, 0.15) is 16.7 Å². The van der Waals surface area contributed by atoms with Crippen LogP contribution in [0, 0.1) is 0 Å². The molecule has 5 rings (SSSR count). The second-order valence-corrected chi connectivity index (χ2v) is 13.0. The van der Waals surface area contributed by atoms with Gasteiger partial charge in [0, 0.05) is 18.2 Å². The average Bonchev–Trinajstić information content (AvgIpc) is 3.47. The van der Waals surface area contributed by atoms with Gasteiger partial charge in [-0.3, -0.25) is 0 Å². The maximum absolute atomic E-state index is 13.0. The van der Waals surface area contributed by atoms with Crippen LogP contribution in [-0.4, -0.2) is 140 Å². The molecule has 2 aliphatic heterocycles. The van der Waals surface area contributed by atoms with Gasteiger partial charge in [0.2, 0.25) is 5.79 Å². The van der Waals surface area contributed by atoms with Gasteiger partial charge in [0.15, 0.2) is 23.9 Å². The third kappa shape index (κ3) is 11.0. The molecule has 3 aromatic carbocycles. The van der Waals surface area contributed by atoms with Crippen molar-refractivity contribution in [3.8, 4) is 23.0 Å². The Morgan fingerprint density at radius 2 is 1.19 bits per heavy atom. The van der Waals surface area contributed by atoms with Crippen molar-refractivity contribution in [1.29, 1.82) is 0 Å². The van der Waals surface area contributed by atoms with Crippen molar-refractivity contribution >= 4 is 36.1 Å². The Labute approximate surface area is 330 Å². The van der Waals surface area contributed by atoms with Crippen LogP contribution in [0.15, 0.2) is 85.0 Å². The Hall–Kier alpha value is -5.83. The second kappa shape index (κ2) is 19.5. The van der Waals surface area contributed by atoms with Crippen molar-refractivity contribution in [2.24, 2.45) is 0 Å². The van der Waals surface area contributed by atoms with Gasteiger partial charge in [0.25, 0.3) is 0 Å². The van der Waals surface area contributed by atoms with Crippen LogP contribution in [0.25, 0.3) is 18.2 Å². The number of aliphatic hydroxyl groups is 5. The minimum atomic E-state index is -2.57. The lowest BCUT2D eigenvalue weighted by Gasteiger charge is -2.43. The molecule has 0 aromatic heterocycles. The first-order valence-corrected chi connectivity index (χ1v) is 17.6. The summed E-state index contributed by atoms with van der Waals surface area (Å²) in [5.74, 6) is -5.43. The summed E-state index contributed by atoms with van der Waals surface area (Å²) in [5, 5.41) is 83.1. The number of phenols is 3. The number of benzene rings is 3. The van der Waals surface area contributed by atoms with E-state index in [1.807, 2.05) is 0 Å². The van der Waals surface area contributed by atoms with Crippen LogP contribution in [0.3, 0.4) is 0 Å². The SMILES string of the molecule is COc1cc(/C=C/C(=O)OC[C@@H]2O[C@H](O[C@@]3(CO)O[C@H](COC(=O)/C=C/c4ccc(O)cc4)[C@@H](O)[C@@H]3OC(=O)/C=C/c3ccc(O)cc3)[C@@H](O)[C@H](O)[C@H]2O)ccc1O. The summed E-state index contributed by atoms with van der Waals surface area (Å²) in [4.78, 5) is 38.1. The molecule has 0 aliphatic carbocycles. The molecule has 8 N–H and O–H groups in total. The molecular weight excluding hydrogens is 768 g/mol. The van der Waals surface area contributed by atoms with E-state index >= 15 is 0 Å². The van der Waals surface area contributed by atoms with Crippen LogP contribution < -0.4 is 4.74 Å². The van der Waals surface area contributed by atoms with Gasteiger partial charge >= 0.3 is 17.9 Å². The van der Waals surface area contributed by atoms with Gasteiger partial charge in [-0.05, 0) is 71.3 Å². The first-order valence-electron chi connectivity index (χ1n) is 17.6. The molecule has 0 saturated carbocycles. The van der Waals surface area contributed by atoms with Crippen molar-refractivity contribution in [2.75, 3.05) is 26.9 Å². The molecule has 9 atom stereocenters. The van der Waals surface area contributed by atoms with Gasteiger partial charge < -0.3 is 74.0 Å². The number of esters is 3. The third-order valence-corrected chi connectivity index (χ3v) is 8.93. The number of aromatic hydroxyl groups is 3. The number of carbonyl (C=O) groups is 3. The summed E-state index contributed by atoms with van der Waals surface area (Å²) in [6.45, 7) is -2.56. The summed E-state index contributed by atoms with van der Waals surface area (Å²) >= 11 is 0. The third-order valence-electron chi connectivity index (χ3n) is 8.93. The molecule has 58 heavy (non-hydrogen) atoms. The highest BCUT2D eigenvalue weighted by atomic mass is 16.8. The quantitative estimate of drug-likeness (QED) is 0.0590. The van der Waals surface area contributed by atoms with Crippen LogP contribution in [-0.2, 0) is 42.8 Å². The lowest BCUT2D eigenvalue weighted by molar-refractivity contribution is -0.383. The zero-order chi connectivity index (χ0) is 42.0. The first-order chi connectivity index (χ1) is 27.7. The lowest BCUT2D eigenvalue weighted by atomic mass is 9.98. The second-order valence-electron chi connectivity index (χ2n) is 13.0. The zero-order valence-electron chi connectivity index (χ0n) is 30.7. The van der Waals surface area contributed by atoms with Crippen LogP contribution in [0.5, 0.6) is 23.0 Å². The molecule has 2 heterocycles. The van der Waals surface area contributed by atoms with Crippen molar-refractivity contribution < 1.29 is 88.4 Å². The molecule has 2 fully saturated rings. The number of carbonyl (C=O) groups excluding carboxylic acids is 3. The van der Waals surface area contributed by atoms with E-state index in [9.17, 15) is 55.2 Å². The van der Waals surface area contributed by atoms with E-state index in [1.54, 1.807) is 0 Å². The summed E-state index contributed by atoms with van der Waals surface area (Å²) in [7, 11) is 1.35. The van der Waals surface area contributed by atoms with Gasteiger partial charge in [-0.2, -0.15) is 0 Å². The molecule has 0 unspecified atom stereocenters. The van der Waals surface area contributed by atoms with Gasteiger partial charge in [-0.1, -0.05) is 30.3 Å². The average molecular weight is 811 g/mol. The van der Waals surface area contributed by atoms with Crippen molar-refractivity contribution in [3.05, 3.63) is 102 Å². The van der Waals surface area contributed by atoms with Crippen molar-refractivity contribution in [3.63, 3.8) is 0 Å². The van der Waals surface area contributed by atoms with E-state index in [0.29, 0.717) is 16.7 Å². The number of rotatable bonds is 15. The molecular formula is C40H42O18. The molecule has 3 aromatic rings.